The molecule has 2 aromatic rings. The van der Waals surface area contributed by atoms with Crippen molar-refractivity contribution < 1.29 is 4.52 Å². The second-order valence-corrected chi connectivity index (χ2v) is 6.15. The van der Waals surface area contributed by atoms with Gasteiger partial charge in [-0.15, -0.1) is 0 Å². The van der Waals surface area contributed by atoms with Gasteiger partial charge in [-0.2, -0.15) is 10.1 Å². The van der Waals surface area contributed by atoms with E-state index < -0.39 is 0 Å². The lowest BCUT2D eigenvalue weighted by Crippen LogP contribution is -2.36. The Kier molecular flexibility index (Phi) is 3.49. The summed E-state index contributed by atoms with van der Waals surface area (Å²) < 4.78 is 6.72. The monoisotopic (exact) mass is 301 g/mol. The molecule has 4 rings (SSSR count). The Bertz CT molecular complexity index is 692. The van der Waals surface area contributed by atoms with E-state index in [0.717, 1.165) is 25.1 Å². The van der Waals surface area contributed by atoms with Gasteiger partial charge in [-0.1, -0.05) is 5.16 Å². The molecule has 1 atom stereocenters. The summed E-state index contributed by atoms with van der Waals surface area (Å²) in [6, 6.07) is 3.82. The van der Waals surface area contributed by atoms with Crippen LogP contribution in [0.5, 0.6) is 0 Å². The second-order valence-electron chi connectivity index (χ2n) is 6.15. The van der Waals surface area contributed by atoms with Crippen molar-refractivity contribution in [1.29, 1.82) is 0 Å². The van der Waals surface area contributed by atoms with E-state index in [-0.39, 0.29) is 5.56 Å². The maximum Gasteiger partial charge on any atom is 0.266 e. The van der Waals surface area contributed by atoms with Crippen molar-refractivity contribution in [3.63, 3.8) is 0 Å². The van der Waals surface area contributed by atoms with Gasteiger partial charge in [0.05, 0.1) is 18.8 Å². The molecule has 1 aliphatic heterocycles. The average Bonchev–Trinajstić information content (AvgIpc) is 3.08. The molecule has 1 aliphatic carbocycles. The summed E-state index contributed by atoms with van der Waals surface area (Å²) in [4.78, 5) is 18.4. The van der Waals surface area contributed by atoms with Gasteiger partial charge in [0.15, 0.2) is 6.33 Å². The number of likely N-dealkylation sites (tertiary alicyclic amines) is 1. The van der Waals surface area contributed by atoms with E-state index in [9.17, 15) is 4.79 Å². The van der Waals surface area contributed by atoms with Gasteiger partial charge in [0.25, 0.3) is 5.56 Å². The molecule has 7 heteroatoms. The number of aromatic nitrogens is 4. The summed E-state index contributed by atoms with van der Waals surface area (Å²) >= 11 is 0. The largest absolute Gasteiger partial charge is 0.338 e. The normalized spacial score (nSPS) is 22.3. The van der Waals surface area contributed by atoms with E-state index >= 15 is 0 Å². The van der Waals surface area contributed by atoms with Crippen LogP contribution in [0.4, 0.5) is 0 Å². The fourth-order valence-corrected chi connectivity index (χ4v) is 3.14. The summed E-state index contributed by atoms with van der Waals surface area (Å²) in [5.74, 6) is 1.18. The highest BCUT2D eigenvalue weighted by Gasteiger charge is 2.28. The first-order valence-electron chi connectivity index (χ1n) is 7.87. The van der Waals surface area contributed by atoms with Crippen LogP contribution in [0.15, 0.2) is 27.8 Å². The maximum absolute atomic E-state index is 12.1. The van der Waals surface area contributed by atoms with Crippen LogP contribution >= 0.6 is 0 Å². The minimum atomic E-state index is -0.0194. The van der Waals surface area contributed by atoms with Crippen molar-refractivity contribution in [2.75, 3.05) is 6.54 Å². The number of hydrogen-bond acceptors (Lipinski definition) is 6. The molecule has 2 aromatic heterocycles. The molecular formula is C15H19N5O2. The number of rotatable bonds is 5. The van der Waals surface area contributed by atoms with Gasteiger partial charge in [-0.05, 0) is 38.3 Å². The van der Waals surface area contributed by atoms with Crippen LogP contribution in [0.1, 0.15) is 43.2 Å². The molecular weight excluding hydrogens is 282 g/mol. The highest BCUT2D eigenvalue weighted by molar-refractivity contribution is 5.12. The molecule has 22 heavy (non-hydrogen) atoms. The van der Waals surface area contributed by atoms with Crippen molar-refractivity contribution in [3.8, 4) is 0 Å². The molecule has 0 N–H and O–H groups in total. The molecule has 3 heterocycles. The molecule has 0 spiro atoms. The Hall–Kier alpha value is -2.02. The minimum absolute atomic E-state index is 0.0194. The van der Waals surface area contributed by atoms with Crippen molar-refractivity contribution in [1.82, 2.24) is 24.8 Å². The fraction of sp³-hybridized carbons (Fsp3) is 0.600. The van der Waals surface area contributed by atoms with Crippen LogP contribution in [0, 0.1) is 0 Å². The lowest BCUT2D eigenvalue weighted by Gasteiger charge is -2.23. The van der Waals surface area contributed by atoms with Crippen molar-refractivity contribution in [2.24, 2.45) is 0 Å². The number of nitrogens with zero attached hydrogens (tertiary/aromatic N) is 5. The Labute approximate surface area is 127 Å². The third-order valence-electron chi connectivity index (χ3n) is 4.51. The maximum atomic E-state index is 12.1. The lowest BCUT2D eigenvalue weighted by atomic mass is 10.2. The topological polar surface area (TPSA) is 77.1 Å². The van der Waals surface area contributed by atoms with Crippen molar-refractivity contribution in [2.45, 2.75) is 50.7 Å². The van der Waals surface area contributed by atoms with Crippen molar-refractivity contribution >= 4 is 0 Å². The molecule has 7 nitrogen and oxygen atoms in total. The third kappa shape index (κ3) is 2.81. The van der Waals surface area contributed by atoms with Crippen LogP contribution in [0.3, 0.4) is 0 Å². The van der Waals surface area contributed by atoms with E-state index in [4.69, 9.17) is 4.52 Å². The summed E-state index contributed by atoms with van der Waals surface area (Å²) in [6.07, 6.45) is 5.99. The first kappa shape index (κ1) is 13.6. The zero-order chi connectivity index (χ0) is 14.9. The summed E-state index contributed by atoms with van der Waals surface area (Å²) in [5, 5.41) is 8.20. The Morgan fingerprint density at radius 2 is 2.18 bits per heavy atom. The third-order valence-corrected chi connectivity index (χ3v) is 4.51. The van der Waals surface area contributed by atoms with Crippen LogP contribution < -0.4 is 5.56 Å². The van der Waals surface area contributed by atoms with Gasteiger partial charge >= 0.3 is 0 Å². The Balaban J connectivity index is 1.49. The highest BCUT2D eigenvalue weighted by atomic mass is 16.5. The Morgan fingerprint density at radius 3 is 2.95 bits per heavy atom. The van der Waals surface area contributed by atoms with E-state index in [1.165, 1.54) is 19.2 Å². The molecule has 1 saturated carbocycles. The molecule has 2 fully saturated rings. The molecule has 0 radical (unpaired) electrons. The summed E-state index contributed by atoms with van der Waals surface area (Å²) in [5.41, 5.74) is 1.04. The average molecular weight is 301 g/mol. The smallest absolute Gasteiger partial charge is 0.266 e. The molecule has 0 aromatic carbocycles. The van der Waals surface area contributed by atoms with E-state index in [1.54, 1.807) is 10.7 Å². The van der Waals surface area contributed by atoms with Gasteiger partial charge in [-0.3, -0.25) is 9.69 Å². The predicted molar refractivity (Wildman–Crippen MR) is 78.2 cm³/mol. The van der Waals surface area contributed by atoms with E-state index in [1.807, 2.05) is 6.07 Å². The fourth-order valence-electron chi connectivity index (χ4n) is 3.14. The standard InChI is InChI=1S/C15H19N5O2/c21-15-6-5-13(11-3-4-11)18-20(15)8-12-2-1-7-19(12)9-14-16-10-17-22-14/h5-6,10-12H,1-4,7-9H2. The van der Waals surface area contributed by atoms with Gasteiger partial charge in [0.2, 0.25) is 5.89 Å². The van der Waals surface area contributed by atoms with Gasteiger partial charge < -0.3 is 4.52 Å². The zero-order valence-corrected chi connectivity index (χ0v) is 12.4. The van der Waals surface area contributed by atoms with Crippen LogP contribution in [0.2, 0.25) is 0 Å². The predicted octanol–water partition coefficient (Wildman–Crippen LogP) is 1.17. The molecule has 0 amide bonds. The quantitative estimate of drug-likeness (QED) is 0.825. The van der Waals surface area contributed by atoms with Crippen LogP contribution in [-0.2, 0) is 13.1 Å². The zero-order valence-electron chi connectivity index (χ0n) is 12.4. The molecule has 1 saturated heterocycles. The SMILES string of the molecule is O=c1ccc(C2CC2)nn1CC1CCCN1Cc1ncno1. The minimum Gasteiger partial charge on any atom is -0.338 e. The summed E-state index contributed by atoms with van der Waals surface area (Å²) in [6.45, 7) is 2.26. The Morgan fingerprint density at radius 1 is 1.27 bits per heavy atom. The lowest BCUT2D eigenvalue weighted by molar-refractivity contribution is 0.190. The van der Waals surface area contributed by atoms with Crippen LogP contribution in [0.25, 0.3) is 0 Å². The highest BCUT2D eigenvalue weighted by Crippen LogP contribution is 2.38. The number of hydrogen-bond donors (Lipinski definition) is 0. The van der Waals surface area contributed by atoms with E-state index in [2.05, 4.69) is 20.1 Å². The van der Waals surface area contributed by atoms with Gasteiger partial charge in [-0.25, -0.2) is 4.68 Å². The van der Waals surface area contributed by atoms with Gasteiger partial charge in [0.1, 0.15) is 0 Å². The van der Waals surface area contributed by atoms with E-state index in [0.29, 0.717) is 30.9 Å². The van der Waals surface area contributed by atoms with Crippen LogP contribution in [-0.4, -0.2) is 37.4 Å². The molecule has 0 bridgehead atoms. The first-order valence-corrected chi connectivity index (χ1v) is 7.87. The molecule has 2 aliphatic rings. The molecule has 1 unspecified atom stereocenters. The van der Waals surface area contributed by atoms with Gasteiger partial charge in [0, 0.05) is 18.0 Å². The summed E-state index contributed by atoms with van der Waals surface area (Å²) in [7, 11) is 0. The van der Waals surface area contributed by atoms with Crippen molar-refractivity contribution in [3.05, 3.63) is 40.4 Å². The second kappa shape index (κ2) is 5.64. The first-order chi connectivity index (χ1) is 10.8. The molecule has 116 valence electrons.